The van der Waals surface area contributed by atoms with Crippen LogP contribution in [0.25, 0.3) is 0 Å². The highest BCUT2D eigenvalue weighted by Gasteiger charge is 1.93. The van der Waals surface area contributed by atoms with Crippen molar-refractivity contribution in [1.82, 2.24) is 5.32 Å². The van der Waals surface area contributed by atoms with Crippen LogP contribution in [0.4, 0.5) is 0 Å². The summed E-state index contributed by atoms with van der Waals surface area (Å²) in [4.78, 5) is 0. The number of nitrogens with one attached hydrogen (secondary N) is 1. The Morgan fingerprint density at radius 1 is 0.909 bits per heavy atom. The molecular weight excluding hydrogens is 142 g/mol. The summed E-state index contributed by atoms with van der Waals surface area (Å²) in [5.41, 5.74) is 0. The van der Waals surface area contributed by atoms with Crippen molar-refractivity contribution in [2.75, 3.05) is 13.5 Å². The lowest BCUT2D eigenvalue weighted by molar-refractivity contribution is 0.0133. The molecule has 0 aliphatic heterocycles. The van der Waals surface area contributed by atoms with Crippen molar-refractivity contribution in [3.05, 3.63) is 0 Å². The van der Waals surface area contributed by atoms with E-state index in [9.17, 15) is 0 Å². The van der Waals surface area contributed by atoms with Crippen LogP contribution in [0.3, 0.4) is 0 Å². The zero-order valence-electron chi connectivity index (χ0n) is 7.89. The maximum atomic E-state index is 5.23. The first kappa shape index (κ1) is 10.9. The third-order valence-electron chi connectivity index (χ3n) is 1.04. The molecule has 3 nitrogen and oxygen atoms in total. The van der Waals surface area contributed by atoms with Gasteiger partial charge in [-0.2, -0.15) is 0 Å². The summed E-state index contributed by atoms with van der Waals surface area (Å²) < 4.78 is 10.5. The maximum Gasteiger partial charge on any atom is 0.0986 e. The van der Waals surface area contributed by atoms with Gasteiger partial charge in [-0.15, -0.1) is 0 Å². The second kappa shape index (κ2) is 6.58. The lowest BCUT2D eigenvalue weighted by Gasteiger charge is -2.10. The smallest absolute Gasteiger partial charge is 0.0986 e. The first-order valence-electron chi connectivity index (χ1n) is 4.07. The molecule has 0 aliphatic rings. The van der Waals surface area contributed by atoms with E-state index in [0.717, 1.165) is 0 Å². The lowest BCUT2D eigenvalue weighted by atomic mass is 10.5. The molecule has 0 saturated heterocycles. The topological polar surface area (TPSA) is 30.5 Å². The predicted molar refractivity (Wildman–Crippen MR) is 45.3 cm³/mol. The van der Waals surface area contributed by atoms with Crippen molar-refractivity contribution >= 4 is 0 Å². The van der Waals surface area contributed by atoms with E-state index in [1.54, 1.807) is 0 Å². The summed E-state index contributed by atoms with van der Waals surface area (Å²) in [7, 11) is 0. The molecule has 0 rings (SSSR count). The largest absolute Gasteiger partial charge is 0.364 e. The molecule has 68 valence electrons. The van der Waals surface area contributed by atoms with Crippen molar-refractivity contribution in [3.8, 4) is 0 Å². The molecule has 0 unspecified atom stereocenters. The molecule has 0 saturated carbocycles. The fourth-order valence-electron chi connectivity index (χ4n) is 0.493. The molecule has 3 heteroatoms. The Labute approximate surface area is 69.1 Å². The Balaban J connectivity index is 2.91. The summed E-state index contributed by atoms with van der Waals surface area (Å²) in [5.74, 6) is 0. The summed E-state index contributed by atoms with van der Waals surface area (Å²) in [6.45, 7) is 9.14. The van der Waals surface area contributed by atoms with E-state index >= 15 is 0 Å². The molecule has 0 fully saturated rings. The second-order valence-corrected chi connectivity index (χ2v) is 2.97. The van der Waals surface area contributed by atoms with Crippen molar-refractivity contribution in [1.29, 1.82) is 0 Å². The van der Waals surface area contributed by atoms with Crippen molar-refractivity contribution < 1.29 is 9.47 Å². The molecule has 0 radical (unpaired) electrons. The number of ether oxygens (including phenoxy) is 2. The molecule has 0 amide bonds. The first-order chi connectivity index (χ1) is 5.13. The summed E-state index contributed by atoms with van der Waals surface area (Å²) >= 11 is 0. The highest BCUT2D eigenvalue weighted by atomic mass is 16.5. The van der Waals surface area contributed by atoms with Gasteiger partial charge in [0.25, 0.3) is 0 Å². The highest BCUT2D eigenvalue weighted by molar-refractivity contribution is 4.37. The van der Waals surface area contributed by atoms with Gasteiger partial charge < -0.3 is 9.47 Å². The van der Waals surface area contributed by atoms with Crippen LogP contribution in [0.2, 0.25) is 0 Å². The minimum absolute atomic E-state index is 0.279. The van der Waals surface area contributed by atoms with Crippen LogP contribution in [-0.4, -0.2) is 25.7 Å². The number of hydrogen-bond acceptors (Lipinski definition) is 3. The van der Waals surface area contributed by atoms with Gasteiger partial charge in [-0.25, -0.2) is 0 Å². The molecule has 11 heavy (non-hydrogen) atoms. The minimum atomic E-state index is 0.279. The number of hydrogen-bond donors (Lipinski definition) is 1. The Kier molecular flexibility index (Phi) is 6.51. The highest BCUT2D eigenvalue weighted by Crippen LogP contribution is 1.86. The third kappa shape index (κ3) is 9.88. The molecule has 0 bridgehead atoms. The first-order valence-corrected chi connectivity index (χ1v) is 4.07. The molecule has 0 aromatic carbocycles. The Morgan fingerprint density at radius 2 is 1.27 bits per heavy atom. The summed E-state index contributed by atoms with van der Waals surface area (Å²) in [6, 6.07) is 0. The van der Waals surface area contributed by atoms with E-state index in [4.69, 9.17) is 9.47 Å². The standard InChI is InChI=1S/C8H19NO2/c1-7(2)10-5-9-6-11-8(3)4/h7-9H,5-6H2,1-4H3. The van der Waals surface area contributed by atoms with E-state index < -0.39 is 0 Å². The fourth-order valence-corrected chi connectivity index (χ4v) is 0.493. The SMILES string of the molecule is CC(C)OCNCOC(C)C. The van der Waals surface area contributed by atoms with Crippen LogP contribution in [0.5, 0.6) is 0 Å². The lowest BCUT2D eigenvalue weighted by Crippen LogP contribution is -2.25. The van der Waals surface area contributed by atoms with Gasteiger partial charge in [0.15, 0.2) is 0 Å². The molecule has 1 N–H and O–H groups in total. The Bertz CT molecular complexity index is 74.2. The monoisotopic (exact) mass is 161 g/mol. The fraction of sp³-hybridized carbons (Fsp3) is 1.00. The Morgan fingerprint density at radius 3 is 1.55 bits per heavy atom. The average Bonchev–Trinajstić information content (AvgIpc) is 1.85. The number of rotatable bonds is 6. The van der Waals surface area contributed by atoms with Crippen LogP contribution in [0.15, 0.2) is 0 Å². The molecule has 0 spiro atoms. The zero-order valence-corrected chi connectivity index (χ0v) is 7.89. The molecule has 0 aromatic rings. The van der Waals surface area contributed by atoms with Gasteiger partial charge in [0.05, 0.1) is 25.7 Å². The van der Waals surface area contributed by atoms with Gasteiger partial charge in [-0.1, -0.05) is 0 Å². The van der Waals surface area contributed by atoms with Gasteiger partial charge in [-0.3, -0.25) is 5.32 Å². The predicted octanol–water partition coefficient (Wildman–Crippen LogP) is 1.34. The van der Waals surface area contributed by atoms with E-state index in [-0.39, 0.29) is 12.2 Å². The third-order valence-corrected chi connectivity index (χ3v) is 1.04. The van der Waals surface area contributed by atoms with Crippen LogP contribution in [-0.2, 0) is 9.47 Å². The van der Waals surface area contributed by atoms with Crippen LogP contribution in [0.1, 0.15) is 27.7 Å². The van der Waals surface area contributed by atoms with Crippen molar-refractivity contribution in [2.45, 2.75) is 39.9 Å². The van der Waals surface area contributed by atoms with E-state index in [1.807, 2.05) is 27.7 Å². The van der Waals surface area contributed by atoms with Gasteiger partial charge >= 0.3 is 0 Å². The summed E-state index contributed by atoms with van der Waals surface area (Å²) in [6.07, 6.45) is 0.558. The minimum Gasteiger partial charge on any atom is -0.364 e. The molecule has 0 aromatic heterocycles. The van der Waals surface area contributed by atoms with E-state index in [2.05, 4.69) is 5.32 Å². The Hall–Kier alpha value is -0.120. The van der Waals surface area contributed by atoms with Crippen molar-refractivity contribution in [2.24, 2.45) is 0 Å². The normalized spacial score (nSPS) is 11.5. The van der Waals surface area contributed by atoms with Gasteiger partial charge in [0.1, 0.15) is 0 Å². The van der Waals surface area contributed by atoms with Gasteiger partial charge in [0.2, 0.25) is 0 Å². The van der Waals surface area contributed by atoms with Crippen LogP contribution < -0.4 is 5.32 Å². The average molecular weight is 161 g/mol. The van der Waals surface area contributed by atoms with E-state index in [1.165, 1.54) is 0 Å². The van der Waals surface area contributed by atoms with Gasteiger partial charge in [0, 0.05) is 0 Å². The maximum absolute atomic E-state index is 5.23. The van der Waals surface area contributed by atoms with Crippen molar-refractivity contribution in [3.63, 3.8) is 0 Å². The van der Waals surface area contributed by atoms with Crippen LogP contribution in [0, 0.1) is 0 Å². The molecular formula is C8H19NO2. The summed E-state index contributed by atoms with van der Waals surface area (Å²) in [5, 5.41) is 3.00. The van der Waals surface area contributed by atoms with Gasteiger partial charge in [-0.05, 0) is 27.7 Å². The molecule has 0 heterocycles. The molecule has 0 aliphatic carbocycles. The quantitative estimate of drug-likeness (QED) is 0.471. The van der Waals surface area contributed by atoms with E-state index in [0.29, 0.717) is 13.5 Å². The second-order valence-electron chi connectivity index (χ2n) is 2.97. The zero-order chi connectivity index (χ0) is 8.69. The van der Waals surface area contributed by atoms with Crippen LogP contribution >= 0.6 is 0 Å². The molecule has 0 atom stereocenters.